The molecule has 5 nitrogen and oxygen atoms in total. The van der Waals surface area contributed by atoms with Crippen molar-refractivity contribution in [3.05, 3.63) is 0 Å². The van der Waals surface area contributed by atoms with Crippen molar-refractivity contribution in [1.82, 2.24) is 14.7 Å². The molecule has 0 aromatic heterocycles. The molecular formula is C21H37N3O2. The third-order valence-corrected chi connectivity index (χ3v) is 5.16. The maximum Gasteiger partial charge on any atom is 0.223 e. The standard InChI is InChI=1S/C19H31N3O2.C2H6/c1-5-6-11-20(4)17(23)9-7-8-10-18(24)22-14-19(15-22)12-21(13-19)16(2)3;1-2/h16H,7-15H2,1-4H3;1-2H3. The Morgan fingerprint density at radius 2 is 1.65 bits per heavy atom. The Kier molecular flexibility index (Phi) is 9.15. The number of hydrogen-bond acceptors (Lipinski definition) is 3. The van der Waals surface area contributed by atoms with E-state index in [1.165, 1.54) is 0 Å². The van der Waals surface area contributed by atoms with Gasteiger partial charge in [0.2, 0.25) is 11.8 Å². The molecule has 2 aliphatic rings. The lowest BCUT2D eigenvalue weighted by molar-refractivity contribution is -0.162. The summed E-state index contributed by atoms with van der Waals surface area (Å²) in [7, 11) is 1.77. The van der Waals surface area contributed by atoms with Crippen LogP contribution in [-0.4, -0.2) is 72.3 Å². The van der Waals surface area contributed by atoms with E-state index in [4.69, 9.17) is 0 Å². The third kappa shape index (κ3) is 6.02. The molecule has 0 aromatic carbocycles. The van der Waals surface area contributed by atoms with Crippen LogP contribution in [0.4, 0.5) is 0 Å². The van der Waals surface area contributed by atoms with Crippen molar-refractivity contribution in [2.75, 3.05) is 39.8 Å². The molecule has 2 amide bonds. The van der Waals surface area contributed by atoms with Gasteiger partial charge in [0.15, 0.2) is 0 Å². The molecule has 0 atom stereocenters. The predicted octanol–water partition coefficient (Wildman–Crippen LogP) is 2.61. The minimum atomic E-state index is 0.108. The molecule has 0 aromatic rings. The van der Waals surface area contributed by atoms with Gasteiger partial charge in [-0.25, -0.2) is 0 Å². The van der Waals surface area contributed by atoms with Crippen LogP contribution in [0.1, 0.15) is 60.3 Å². The molecule has 2 heterocycles. The lowest BCUT2D eigenvalue weighted by atomic mass is 9.72. The fourth-order valence-corrected chi connectivity index (χ4v) is 3.51. The van der Waals surface area contributed by atoms with Crippen molar-refractivity contribution in [2.45, 2.75) is 66.3 Å². The van der Waals surface area contributed by atoms with E-state index in [2.05, 4.69) is 30.6 Å². The average molecular weight is 364 g/mol. The van der Waals surface area contributed by atoms with Gasteiger partial charge in [-0.15, -0.1) is 5.92 Å². The second-order valence-corrected chi connectivity index (χ2v) is 7.63. The maximum atomic E-state index is 12.2. The number of carbonyl (C=O) groups is 2. The van der Waals surface area contributed by atoms with Crippen LogP contribution < -0.4 is 0 Å². The van der Waals surface area contributed by atoms with E-state index in [9.17, 15) is 9.59 Å². The molecule has 0 bridgehead atoms. The van der Waals surface area contributed by atoms with E-state index in [0.29, 0.717) is 30.8 Å². The molecule has 0 saturated carbocycles. The smallest absolute Gasteiger partial charge is 0.223 e. The number of likely N-dealkylation sites (tertiary alicyclic amines) is 2. The number of carbonyl (C=O) groups excluding carboxylic acids is 2. The van der Waals surface area contributed by atoms with Gasteiger partial charge in [-0.2, -0.15) is 0 Å². The number of amides is 2. The molecule has 2 aliphatic heterocycles. The molecular weight excluding hydrogens is 326 g/mol. The molecule has 0 radical (unpaired) electrons. The molecule has 2 saturated heterocycles. The highest BCUT2D eigenvalue weighted by Gasteiger charge is 2.53. The molecule has 0 aliphatic carbocycles. The summed E-state index contributed by atoms with van der Waals surface area (Å²) in [5.41, 5.74) is 0.388. The third-order valence-electron chi connectivity index (χ3n) is 5.16. The zero-order valence-electron chi connectivity index (χ0n) is 17.6. The van der Waals surface area contributed by atoms with Gasteiger partial charge in [-0.1, -0.05) is 19.8 Å². The van der Waals surface area contributed by atoms with E-state index in [-0.39, 0.29) is 11.8 Å². The van der Waals surface area contributed by atoms with Gasteiger partial charge < -0.3 is 9.80 Å². The van der Waals surface area contributed by atoms with Crippen LogP contribution in [0.5, 0.6) is 0 Å². The molecule has 2 rings (SSSR count). The van der Waals surface area contributed by atoms with Gasteiger partial charge in [0.1, 0.15) is 0 Å². The fourth-order valence-electron chi connectivity index (χ4n) is 3.51. The number of hydrogen-bond donors (Lipinski definition) is 0. The minimum Gasteiger partial charge on any atom is -0.341 e. The van der Waals surface area contributed by atoms with E-state index in [1.807, 2.05) is 18.7 Å². The number of rotatable bonds is 7. The van der Waals surface area contributed by atoms with Gasteiger partial charge in [0.25, 0.3) is 0 Å². The van der Waals surface area contributed by atoms with Crippen LogP contribution in [0, 0.1) is 17.3 Å². The quantitative estimate of drug-likeness (QED) is 0.516. The lowest BCUT2D eigenvalue weighted by Gasteiger charge is -2.61. The van der Waals surface area contributed by atoms with Gasteiger partial charge in [0, 0.05) is 57.5 Å². The van der Waals surface area contributed by atoms with E-state index in [0.717, 1.165) is 39.0 Å². The lowest BCUT2D eigenvalue weighted by Crippen LogP contribution is -2.73. The second kappa shape index (κ2) is 10.6. The number of nitrogens with zero attached hydrogens (tertiary/aromatic N) is 3. The van der Waals surface area contributed by atoms with Crippen molar-refractivity contribution in [2.24, 2.45) is 5.41 Å². The first kappa shape index (κ1) is 22.5. The first-order valence-electron chi connectivity index (χ1n) is 10.0. The highest BCUT2D eigenvalue weighted by atomic mass is 16.2. The summed E-state index contributed by atoms with van der Waals surface area (Å²) >= 11 is 0. The first-order valence-corrected chi connectivity index (χ1v) is 10.0. The van der Waals surface area contributed by atoms with Crippen LogP contribution in [0.15, 0.2) is 0 Å². The van der Waals surface area contributed by atoms with Crippen LogP contribution >= 0.6 is 0 Å². The Morgan fingerprint density at radius 3 is 2.19 bits per heavy atom. The molecule has 148 valence electrons. The minimum absolute atomic E-state index is 0.108. The Balaban J connectivity index is 0.00000163. The van der Waals surface area contributed by atoms with Gasteiger partial charge in [0.05, 0.1) is 6.54 Å². The fraction of sp³-hybridized carbons (Fsp3) is 0.810. The van der Waals surface area contributed by atoms with E-state index >= 15 is 0 Å². The predicted molar refractivity (Wildman–Crippen MR) is 107 cm³/mol. The maximum absolute atomic E-state index is 12.2. The summed E-state index contributed by atoms with van der Waals surface area (Å²) in [5.74, 6) is 6.03. The average Bonchev–Trinajstić information content (AvgIpc) is 2.55. The van der Waals surface area contributed by atoms with Gasteiger partial charge in [-0.3, -0.25) is 14.5 Å². The molecule has 0 N–H and O–H groups in total. The summed E-state index contributed by atoms with van der Waals surface area (Å²) in [6.07, 6.45) is 2.63. The molecule has 0 unspecified atom stereocenters. The Morgan fingerprint density at radius 1 is 1.08 bits per heavy atom. The summed E-state index contributed by atoms with van der Waals surface area (Å²) in [4.78, 5) is 30.2. The van der Waals surface area contributed by atoms with E-state index < -0.39 is 0 Å². The highest BCUT2D eigenvalue weighted by Crippen LogP contribution is 2.40. The largest absolute Gasteiger partial charge is 0.341 e. The zero-order chi connectivity index (χ0) is 19.7. The van der Waals surface area contributed by atoms with Crippen LogP contribution in [0.25, 0.3) is 0 Å². The topological polar surface area (TPSA) is 43.9 Å². The Labute approximate surface area is 160 Å². The van der Waals surface area contributed by atoms with E-state index in [1.54, 1.807) is 18.9 Å². The van der Waals surface area contributed by atoms with Crippen LogP contribution in [0.3, 0.4) is 0 Å². The van der Waals surface area contributed by atoms with Crippen LogP contribution in [-0.2, 0) is 9.59 Å². The normalized spacial score (nSPS) is 17.4. The second-order valence-electron chi connectivity index (χ2n) is 7.63. The van der Waals surface area contributed by atoms with Gasteiger partial charge in [-0.05, 0) is 33.6 Å². The zero-order valence-corrected chi connectivity index (χ0v) is 17.6. The summed E-state index contributed by atoms with van der Waals surface area (Å²) in [6, 6.07) is 0.611. The molecule has 2 fully saturated rings. The van der Waals surface area contributed by atoms with Crippen molar-refractivity contribution in [3.8, 4) is 11.8 Å². The first-order chi connectivity index (χ1) is 12.4. The molecule has 1 spiro atoms. The molecule has 26 heavy (non-hydrogen) atoms. The molecule has 5 heteroatoms. The highest BCUT2D eigenvalue weighted by molar-refractivity contribution is 5.78. The summed E-state index contributed by atoms with van der Waals surface area (Å²) in [6.45, 7) is 14.8. The Bertz CT molecular complexity index is 519. The Hall–Kier alpha value is -1.54. The number of unbranched alkanes of at least 4 members (excludes halogenated alkanes) is 1. The summed E-state index contributed by atoms with van der Waals surface area (Å²) in [5, 5.41) is 0. The van der Waals surface area contributed by atoms with Gasteiger partial charge >= 0.3 is 0 Å². The van der Waals surface area contributed by atoms with Crippen LogP contribution in [0.2, 0.25) is 0 Å². The van der Waals surface area contributed by atoms with Crippen molar-refractivity contribution >= 4 is 11.8 Å². The van der Waals surface area contributed by atoms with Crippen molar-refractivity contribution in [1.29, 1.82) is 0 Å². The summed E-state index contributed by atoms with van der Waals surface area (Å²) < 4.78 is 0. The SMILES string of the molecule is CC.CC#CCN(C)C(=O)CCCCC(=O)N1CC2(C1)CN(C(C)C)C2. The monoisotopic (exact) mass is 363 g/mol. The van der Waals surface area contributed by atoms with Crippen molar-refractivity contribution in [3.63, 3.8) is 0 Å². The van der Waals surface area contributed by atoms with Crippen molar-refractivity contribution < 1.29 is 9.59 Å².